The maximum Gasteiger partial charge on any atom is 0.134 e. The number of aliphatic hydroxyl groups excluding tert-OH is 1. The smallest absolute Gasteiger partial charge is 0.134 e. The van der Waals surface area contributed by atoms with Crippen LogP contribution in [0, 0.1) is 13.8 Å². The molecular formula is C31H33N3O3. The van der Waals surface area contributed by atoms with Crippen molar-refractivity contribution in [1.82, 2.24) is 14.6 Å². The molecule has 0 saturated carbocycles. The Hall–Kier alpha value is -3.61. The number of nitrogens with zero attached hydrogens (tertiary/aromatic N) is 3. The minimum Gasteiger partial charge on any atom is -0.487 e. The highest BCUT2D eigenvalue weighted by atomic mass is 16.5. The molecule has 2 aromatic heterocycles. The predicted molar refractivity (Wildman–Crippen MR) is 146 cm³/mol. The molecule has 37 heavy (non-hydrogen) atoms. The summed E-state index contributed by atoms with van der Waals surface area (Å²) in [6.45, 7) is 7.28. The molecule has 5 aromatic rings. The number of ether oxygens (including phenoxy) is 1. The molecule has 1 saturated heterocycles. The van der Waals surface area contributed by atoms with Crippen molar-refractivity contribution in [3.05, 3.63) is 95.0 Å². The zero-order valence-corrected chi connectivity index (χ0v) is 21.5. The van der Waals surface area contributed by atoms with E-state index in [-0.39, 0.29) is 12.6 Å². The highest BCUT2D eigenvalue weighted by molar-refractivity contribution is 5.88. The Morgan fingerprint density at radius 3 is 2.76 bits per heavy atom. The quantitative estimate of drug-likeness (QED) is 0.287. The number of rotatable bonds is 8. The molecule has 3 heterocycles. The minimum atomic E-state index is 0.208. The zero-order chi connectivity index (χ0) is 25.4. The van der Waals surface area contributed by atoms with Gasteiger partial charge in [-0.15, -0.1) is 0 Å². The van der Waals surface area contributed by atoms with Gasteiger partial charge < -0.3 is 18.9 Å². The Morgan fingerprint density at radius 2 is 1.92 bits per heavy atom. The molecule has 0 bridgehead atoms. The first-order chi connectivity index (χ1) is 18.1. The summed E-state index contributed by atoms with van der Waals surface area (Å²) in [6, 6.07) is 21.5. The van der Waals surface area contributed by atoms with E-state index in [2.05, 4.69) is 76.3 Å². The van der Waals surface area contributed by atoms with Crippen LogP contribution in [-0.2, 0) is 19.7 Å². The predicted octanol–water partition coefficient (Wildman–Crippen LogP) is 5.98. The lowest BCUT2D eigenvalue weighted by Crippen LogP contribution is -2.31. The molecule has 6 nitrogen and oxygen atoms in total. The average molecular weight is 496 g/mol. The molecule has 1 aliphatic rings. The van der Waals surface area contributed by atoms with E-state index in [1.165, 1.54) is 38.4 Å². The first-order valence-corrected chi connectivity index (χ1v) is 13.1. The van der Waals surface area contributed by atoms with Gasteiger partial charge in [0.2, 0.25) is 0 Å². The van der Waals surface area contributed by atoms with E-state index in [0.29, 0.717) is 6.61 Å². The van der Waals surface area contributed by atoms with Crippen molar-refractivity contribution in [3.63, 3.8) is 0 Å². The molecule has 1 N–H and O–H groups in total. The third kappa shape index (κ3) is 4.75. The highest BCUT2D eigenvalue weighted by Crippen LogP contribution is 2.32. The van der Waals surface area contributed by atoms with E-state index in [9.17, 15) is 5.11 Å². The van der Waals surface area contributed by atoms with Gasteiger partial charge in [0.05, 0.1) is 6.61 Å². The van der Waals surface area contributed by atoms with Crippen molar-refractivity contribution in [2.45, 2.75) is 52.4 Å². The van der Waals surface area contributed by atoms with Crippen molar-refractivity contribution in [3.8, 4) is 5.75 Å². The molecule has 190 valence electrons. The van der Waals surface area contributed by atoms with Crippen LogP contribution in [0.25, 0.3) is 21.7 Å². The third-order valence-corrected chi connectivity index (χ3v) is 7.69. The van der Waals surface area contributed by atoms with Crippen molar-refractivity contribution in [1.29, 1.82) is 0 Å². The van der Waals surface area contributed by atoms with Crippen LogP contribution in [0.1, 0.15) is 41.0 Å². The maximum atomic E-state index is 9.90. The number of likely N-dealkylation sites (tertiary alicyclic amines) is 1. The third-order valence-electron chi connectivity index (χ3n) is 7.69. The summed E-state index contributed by atoms with van der Waals surface area (Å²) in [5.41, 5.74) is 5.87. The molecule has 0 unspecified atom stereocenters. The molecule has 1 aliphatic heterocycles. The largest absolute Gasteiger partial charge is 0.487 e. The van der Waals surface area contributed by atoms with Crippen LogP contribution in [0.4, 0.5) is 0 Å². The lowest BCUT2D eigenvalue weighted by Gasteiger charge is -2.22. The number of hydrogen-bond acceptors (Lipinski definition) is 5. The number of fused-ring (bicyclic) bond motifs is 2. The van der Waals surface area contributed by atoms with Crippen molar-refractivity contribution in [2.24, 2.45) is 0 Å². The second-order valence-corrected chi connectivity index (χ2v) is 10.2. The Balaban J connectivity index is 1.38. The molecule has 6 heteroatoms. The Kier molecular flexibility index (Phi) is 6.45. The summed E-state index contributed by atoms with van der Waals surface area (Å²) in [6.07, 6.45) is 4.48. The number of hydrogen-bond donors (Lipinski definition) is 1. The SMILES string of the molecule is Cc1cc(COc2ccc3c(c2)c(CN2CCC[C@H]2CO)cn3Cc2c(C)ccc3ccccc23)no1. The van der Waals surface area contributed by atoms with Crippen molar-refractivity contribution in [2.75, 3.05) is 13.2 Å². The summed E-state index contributed by atoms with van der Waals surface area (Å²) in [4.78, 5) is 2.41. The summed E-state index contributed by atoms with van der Waals surface area (Å²) >= 11 is 0. The van der Waals surface area contributed by atoms with Gasteiger partial charge in [-0.2, -0.15) is 0 Å². The zero-order valence-electron chi connectivity index (χ0n) is 21.5. The van der Waals surface area contributed by atoms with E-state index < -0.39 is 0 Å². The Bertz CT molecular complexity index is 1550. The summed E-state index contributed by atoms with van der Waals surface area (Å²) in [5, 5.41) is 17.7. The molecule has 1 fully saturated rings. The fraction of sp³-hybridized carbons (Fsp3) is 0.323. The standard InChI is InChI=1S/C31H33N3O3/c1-21-9-10-23-6-3-4-8-28(23)30(21)18-34-17-24(16-33-13-5-7-26(33)19-35)29-15-27(11-12-31(29)34)36-20-25-14-22(2)37-32-25/h3-4,6,8-12,14-15,17,26,35H,5,7,13,16,18-20H2,1-2H3/t26-/m0/s1. The van der Waals surface area contributed by atoms with Crippen molar-refractivity contribution < 1.29 is 14.4 Å². The first-order valence-electron chi connectivity index (χ1n) is 13.1. The van der Waals surface area contributed by atoms with E-state index in [1.807, 2.05) is 19.1 Å². The lowest BCUT2D eigenvalue weighted by atomic mass is 9.99. The molecule has 0 amide bonds. The summed E-state index contributed by atoms with van der Waals surface area (Å²) in [7, 11) is 0. The van der Waals surface area contributed by atoms with Crippen LogP contribution in [0.3, 0.4) is 0 Å². The van der Waals surface area contributed by atoms with Gasteiger partial charge in [0, 0.05) is 42.3 Å². The molecule has 0 spiro atoms. The first kappa shape index (κ1) is 23.8. The van der Waals surface area contributed by atoms with Gasteiger partial charge in [-0.05, 0) is 78.9 Å². The van der Waals surface area contributed by atoms with Crippen LogP contribution in [0.2, 0.25) is 0 Å². The van der Waals surface area contributed by atoms with E-state index in [4.69, 9.17) is 9.26 Å². The van der Waals surface area contributed by atoms with Gasteiger partial charge >= 0.3 is 0 Å². The van der Waals surface area contributed by atoms with Gasteiger partial charge in [0.1, 0.15) is 23.8 Å². The normalized spacial score (nSPS) is 16.2. The van der Waals surface area contributed by atoms with Gasteiger partial charge in [-0.1, -0.05) is 41.6 Å². The molecule has 3 aromatic carbocycles. The second kappa shape index (κ2) is 10.0. The summed E-state index contributed by atoms with van der Waals surface area (Å²) < 4.78 is 13.6. The van der Waals surface area contributed by atoms with Crippen LogP contribution in [0.15, 0.2) is 71.4 Å². The number of aromatic nitrogens is 2. The lowest BCUT2D eigenvalue weighted by molar-refractivity contribution is 0.154. The maximum absolute atomic E-state index is 9.90. The molecule has 1 atom stereocenters. The van der Waals surface area contributed by atoms with Gasteiger partial charge in [-0.3, -0.25) is 4.90 Å². The van der Waals surface area contributed by atoms with E-state index >= 15 is 0 Å². The van der Waals surface area contributed by atoms with Gasteiger partial charge in [0.15, 0.2) is 0 Å². The molecule has 6 rings (SSSR count). The van der Waals surface area contributed by atoms with Gasteiger partial charge in [-0.25, -0.2) is 0 Å². The van der Waals surface area contributed by atoms with Crippen molar-refractivity contribution >= 4 is 21.7 Å². The van der Waals surface area contributed by atoms with Gasteiger partial charge in [0.25, 0.3) is 0 Å². The van der Waals surface area contributed by atoms with E-state index in [1.54, 1.807) is 0 Å². The fourth-order valence-electron chi connectivity index (χ4n) is 5.69. The Morgan fingerprint density at radius 1 is 1.03 bits per heavy atom. The summed E-state index contributed by atoms with van der Waals surface area (Å²) in [5.74, 6) is 1.59. The molecule has 0 aliphatic carbocycles. The highest BCUT2D eigenvalue weighted by Gasteiger charge is 2.25. The Labute approximate surface area is 217 Å². The van der Waals surface area contributed by atoms with E-state index in [0.717, 1.165) is 49.7 Å². The van der Waals surface area contributed by atoms with Crippen LogP contribution in [-0.4, -0.2) is 38.9 Å². The van der Waals surface area contributed by atoms with Crippen LogP contribution in [0.5, 0.6) is 5.75 Å². The number of aryl methyl sites for hydroxylation is 2. The molecule has 0 radical (unpaired) electrons. The monoisotopic (exact) mass is 495 g/mol. The van der Waals surface area contributed by atoms with Crippen LogP contribution < -0.4 is 4.74 Å². The minimum absolute atomic E-state index is 0.208. The van der Waals surface area contributed by atoms with Crippen LogP contribution >= 0.6 is 0 Å². The second-order valence-electron chi connectivity index (χ2n) is 10.2. The topological polar surface area (TPSA) is 63.7 Å². The fourth-order valence-corrected chi connectivity index (χ4v) is 5.69. The number of benzene rings is 3. The average Bonchev–Trinajstić information content (AvgIpc) is 3.63. The number of aliphatic hydroxyl groups is 1. The molecular weight excluding hydrogens is 462 g/mol.